The summed E-state index contributed by atoms with van der Waals surface area (Å²) in [4.78, 5) is 9.15. The van der Waals surface area contributed by atoms with E-state index >= 15 is 0 Å². The third-order valence-corrected chi connectivity index (χ3v) is 5.60. The van der Waals surface area contributed by atoms with Crippen molar-refractivity contribution in [2.45, 2.75) is 23.8 Å². The summed E-state index contributed by atoms with van der Waals surface area (Å²) in [6, 6.07) is 2.49. The van der Waals surface area contributed by atoms with Crippen molar-refractivity contribution in [1.29, 1.82) is 0 Å². The van der Waals surface area contributed by atoms with Gasteiger partial charge in [0.1, 0.15) is 5.82 Å². The van der Waals surface area contributed by atoms with E-state index in [4.69, 9.17) is 5.73 Å². The first-order valence-corrected chi connectivity index (χ1v) is 7.85. The third kappa shape index (κ3) is 2.89. The van der Waals surface area contributed by atoms with Crippen molar-refractivity contribution in [3.8, 4) is 0 Å². The van der Waals surface area contributed by atoms with Gasteiger partial charge in [-0.25, -0.2) is 12.8 Å². The van der Waals surface area contributed by atoms with E-state index < -0.39 is 37.4 Å². The number of hydrogen-bond acceptors (Lipinski definition) is 5. The van der Waals surface area contributed by atoms with Gasteiger partial charge in [-0.1, -0.05) is 6.07 Å². The Bertz CT molecular complexity index is 660. The fourth-order valence-electron chi connectivity index (χ4n) is 2.34. The molecule has 21 heavy (non-hydrogen) atoms. The van der Waals surface area contributed by atoms with Crippen LogP contribution in [0.4, 0.5) is 10.1 Å². The maximum atomic E-state index is 13.9. The van der Waals surface area contributed by atoms with E-state index in [0.29, 0.717) is 0 Å². The van der Waals surface area contributed by atoms with E-state index in [-0.39, 0.29) is 12.5 Å². The number of benzene rings is 1. The smallest absolute Gasteiger partial charge is 0.292 e. The van der Waals surface area contributed by atoms with E-state index in [2.05, 4.69) is 0 Å². The zero-order chi connectivity index (χ0) is 15.8. The van der Waals surface area contributed by atoms with Gasteiger partial charge in [0, 0.05) is 25.7 Å². The standard InChI is InChI=1S/C12H16FN3O4S/c1-15(11(7-14)8-5-6-8)21(19,20)12-9(13)3-2-4-10(12)16(17)18/h2-4,8,11H,5-7,14H2,1H3. The molecule has 2 rings (SSSR count). The van der Waals surface area contributed by atoms with Crippen molar-refractivity contribution in [3.05, 3.63) is 34.1 Å². The largest absolute Gasteiger partial charge is 0.329 e. The Balaban J connectivity index is 2.51. The summed E-state index contributed by atoms with van der Waals surface area (Å²) in [7, 11) is -3.05. The van der Waals surface area contributed by atoms with Gasteiger partial charge in [-0.15, -0.1) is 0 Å². The molecule has 0 saturated heterocycles. The highest BCUT2D eigenvalue weighted by atomic mass is 32.2. The van der Waals surface area contributed by atoms with E-state index in [1.807, 2.05) is 0 Å². The fraction of sp³-hybridized carbons (Fsp3) is 0.500. The van der Waals surface area contributed by atoms with Crippen LogP contribution in [0.2, 0.25) is 0 Å². The van der Waals surface area contributed by atoms with Gasteiger partial charge < -0.3 is 5.73 Å². The van der Waals surface area contributed by atoms with Crippen LogP contribution in [0, 0.1) is 21.8 Å². The molecule has 1 aliphatic carbocycles. The molecule has 1 unspecified atom stereocenters. The van der Waals surface area contributed by atoms with Crippen LogP contribution < -0.4 is 5.73 Å². The molecule has 1 atom stereocenters. The summed E-state index contributed by atoms with van der Waals surface area (Å²) in [6.45, 7) is 0.0860. The molecule has 116 valence electrons. The molecule has 0 heterocycles. The summed E-state index contributed by atoms with van der Waals surface area (Å²) in [6.07, 6.45) is 1.70. The zero-order valence-electron chi connectivity index (χ0n) is 11.4. The molecule has 0 bridgehead atoms. The number of nitro benzene ring substituents is 1. The molecule has 1 aromatic carbocycles. The lowest BCUT2D eigenvalue weighted by Gasteiger charge is -2.26. The number of nitro groups is 1. The fourth-order valence-corrected chi connectivity index (χ4v) is 3.96. The van der Waals surface area contributed by atoms with Gasteiger partial charge in [-0.2, -0.15) is 4.31 Å². The molecular formula is C12H16FN3O4S. The lowest BCUT2D eigenvalue weighted by Crippen LogP contribution is -2.43. The monoisotopic (exact) mass is 317 g/mol. The van der Waals surface area contributed by atoms with Crippen molar-refractivity contribution < 1.29 is 17.7 Å². The molecule has 9 heteroatoms. The van der Waals surface area contributed by atoms with Crippen LogP contribution in [0.25, 0.3) is 0 Å². The molecule has 0 radical (unpaired) electrons. The Morgan fingerprint density at radius 3 is 2.62 bits per heavy atom. The molecule has 1 aliphatic rings. The molecule has 7 nitrogen and oxygen atoms in total. The van der Waals surface area contributed by atoms with E-state index in [1.54, 1.807) is 0 Å². The number of nitrogens with zero attached hydrogens (tertiary/aromatic N) is 2. The summed E-state index contributed by atoms with van der Waals surface area (Å²) in [5.74, 6) is -1.01. The maximum Gasteiger partial charge on any atom is 0.292 e. The van der Waals surface area contributed by atoms with Gasteiger partial charge >= 0.3 is 0 Å². The summed E-state index contributed by atoms with van der Waals surface area (Å²) >= 11 is 0. The molecule has 0 amide bonds. The van der Waals surface area contributed by atoms with Gasteiger partial charge in [0.2, 0.25) is 0 Å². The average molecular weight is 317 g/mol. The van der Waals surface area contributed by atoms with Crippen molar-refractivity contribution >= 4 is 15.7 Å². The third-order valence-electron chi connectivity index (χ3n) is 3.65. The highest BCUT2D eigenvalue weighted by molar-refractivity contribution is 7.89. The van der Waals surface area contributed by atoms with Crippen LogP contribution in [-0.4, -0.2) is 37.3 Å². The lowest BCUT2D eigenvalue weighted by atomic mass is 10.2. The Morgan fingerprint density at radius 1 is 1.52 bits per heavy atom. The molecular weight excluding hydrogens is 301 g/mol. The van der Waals surface area contributed by atoms with Gasteiger partial charge in [0.25, 0.3) is 15.7 Å². The van der Waals surface area contributed by atoms with Crippen molar-refractivity contribution in [1.82, 2.24) is 4.31 Å². The molecule has 0 spiro atoms. The van der Waals surface area contributed by atoms with Crippen LogP contribution in [0.15, 0.2) is 23.1 Å². The quantitative estimate of drug-likeness (QED) is 0.624. The number of sulfonamides is 1. The van der Waals surface area contributed by atoms with Crippen LogP contribution in [0.1, 0.15) is 12.8 Å². The normalized spacial score (nSPS) is 17.0. The first kappa shape index (κ1) is 15.8. The minimum atomic E-state index is -4.32. The summed E-state index contributed by atoms with van der Waals surface area (Å²) in [5, 5.41) is 11.0. The van der Waals surface area contributed by atoms with Crippen LogP contribution >= 0.6 is 0 Å². The van der Waals surface area contributed by atoms with Crippen molar-refractivity contribution in [2.75, 3.05) is 13.6 Å². The predicted molar refractivity (Wildman–Crippen MR) is 73.6 cm³/mol. The van der Waals surface area contributed by atoms with Gasteiger partial charge in [0.05, 0.1) is 4.92 Å². The molecule has 2 N–H and O–H groups in total. The average Bonchev–Trinajstić information content (AvgIpc) is 3.23. The van der Waals surface area contributed by atoms with Crippen LogP contribution in [0.3, 0.4) is 0 Å². The molecule has 1 fully saturated rings. The van der Waals surface area contributed by atoms with Gasteiger partial charge in [-0.3, -0.25) is 10.1 Å². The Hall–Kier alpha value is -1.58. The molecule has 1 aromatic rings. The first-order valence-electron chi connectivity index (χ1n) is 6.41. The second kappa shape index (κ2) is 5.66. The van der Waals surface area contributed by atoms with Crippen molar-refractivity contribution in [3.63, 3.8) is 0 Å². The second-order valence-corrected chi connectivity index (χ2v) is 6.94. The molecule has 0 aromatic heterocycles. The molecule has 1 saturated carbocycles. The number of halogens is 1. The number of rotatable bonds is 6. The summed E-state index contributed by atoms with van der Waals surface area (Å²) in [5.41, 5.74) is 4.82. The van der Waals surface area contributed by atoms with Gasteiger partial charge in [0.15, 0.2) is 4.90 Å². The molecule has 0 aliphatic heterocycles. The minimum Gasteiger partial charge on any atom is -0.329 e. The van der Waals surface area contributed by atoms with E-state index in [9.17, 15) is 22.9 Å². The number of hydrogen-bond donors (Lipinski definition) is 1. The van der Waals surface area contributed by atoms with Crippen LogP contribution in [-0.2, 0) is 10.0 Å². The van der Waals surface area contributed by atoms with E-state index in [0.717, 1.165) is 35.3 Å². The number of likely N-dealkylation sites (N-methyl/N-ethyl adjacent to an activating group) is 1. The van der Waals surface area contributed by atoms with Crippen molar-refractivity contribution in [2.24, 2.45) is 11.7 Å². The highest BCUT2D eigenvalue weighted by Gasteiger charge is 2.41. The Morgan fingerprint density at radius 2 is 2.14 bits per heavy atom. The predicted octanol–water partition coefficient (Wildman–Crippen LogP) is 1.09. The van der Waals surface area contributed by atoms with Crippen LogP contribution in [0.5, 0.6) is 0 Å². The minimum absolute atomic E-state index is 0.0860. The van der Waals surface area contributed by atoms with Gasteiger partial charge in [-0.05, 0) is 24.8 Å². The first-order chi connectivity index (χ1) is 9.80. The Labute approximate surface area is 121 Å². The highest BCUT2D eigenvalue weighted by Crippen LogP contribution is 2.37. The summed E-state index contributed by atoms with van der Waals surface area (Å²) < 4.78 is 39.9. The topological polar surface area (TPSA) is 107 Å². The second-order valence-electron chi connectivity index (χ2n) is 5.01. The lowest BCUT2D eigenvalue weighted by molar-refractivity contribution is -0.388. The zero-order valence-corrected chi connectivity index (χ0v) is 12.2. The maximum absolute atomic E-state index is 13.9. The number of nitrogens with two attached hydrogens (primary N) is 1. The SMILES string of the molecule is CN(C(CN)C1CC1)S(=O)(=O)c1c(F)cccc1[N+](=O)[O-]. The Kier molecular flexibility index (Phi) is 4.26. The van der Waals surface area contributed by atoms with E-state index in [1.165, 1.54) is 7.05 Å².